The van der Waals surface area contributed by atoms with Gasteiger partial charge in [0, 0.05) is 5.56 Å². The molecule has 0 spiro atoms. The van der Waals surface area contributed by atoms with Crippen LogP contribution in [0.15, 0.2) is 89.0 Å². The first kappa shape index (κ1) is 45.2. The maximum absolute atomic E-state index is 13.8. The van der Waals surface area contributed by atoms with Crippen LogP contribution in [0.3, 0.4) is 0 Å². The van der Waals surface area contributed by atoms with Crippen LogP contribution in [0.5, 0.6) is 17.2 Å². The van der Waals surface area contributed by atoms with Crippen molar-refractivity contribution >= 4 is 51.0 Å². The molecule has 0 radical (unpaired) electrons. The Morgan fingerprint density at radius 3 is 1.61 bits per heavy atom. The molecule has 14 heteroatoms. The van der Waals surface area contributed by atoms with Gasteiger partial charge >= 0.3 is 22.5 Å². The molecule has 2 heterocycles. The zero-order valence-electron chi connectivity index (χ0n) is 37.6. The maximum atomic E-state index is 13.8. The van der Waals surface area contributed by atoms with Crippen LogP contribution in [0, 0.1) is 24.7 Å². The number of benzene rings is 4. The molecule has 0 saturated carbocycles. The van der Waals surface area contributed by atoms with Crippen molar-refractivity contribution in [3.8, 4) is 28.6 Å². The van der Waals surface area contributed by atoms with Gasteiger partial charge in [-0.2, -0.15) is 13.5 Å². The Hall–Kier alpha value is -5.34. The van der Waals surface area contributed by atoms with E-state index in [1.54, 1.807) is 42.5 Å². The lowest BCUT2D eigenvalue weighted by molar-refractivity contribution is 0.283. The Balaban J connectivity index is 1.31. The van der Waals surface area contributed by atoms with Gasteiger partial charge in [0.1, 0.15) is 23.0 Å². The molecule has 6 rings (SSSR count). The predicted octanol–water partition coefficient (Wildman–Crippen LogP) is 11.2. The molecule has 0 saturated heterocycles. The van der Waals surface area contributed by atoms with Gasteiger partial charge in [-0.1, -0.05) is 93.5 Å². The normalized spacial score (nSPS) is 15.0. The van der Waals surface area contributed by atoms with Crippen LogP contribution in [0.25, 0.3) is 11.4 Å². The summed E-state index contributed by atoms with van der Waals surface area (Å²) in [7, 11) is 0. The molecule has 324 valence electrons. The molecule has 3 N–H and O–H groups in total. The maximum Gasteiger partial charge on any atom is 0.316 e. The van der Waals surface area contributed by atoms with Crippen LogP contribution < -0.4 is 17.8 Å². The monoisotopic (exact) mass is 865 g/mol. The number of aliphatic imine (C=N–C) groups is 1. The molecule has 12 nitrogen and oxygen atoms in total. The molecule has 5 aromatic rings. The fourth-order valence-electron chi connectivity index (χ4n) is 8.13. The molecule has 4 aromatic carbocycles. The fourth-order valence-corrected chi connectivity index (χ4v) is 9.52. The third-order valence-electron chi connectivity index (χ3n) is 10.3. The minimum absolute atomic E-state index is 0.105. The molecule has 0 bridgehead atoms. The first-order chi connectivity index (χ1) is 28.3. The number of anilines is 2. The Morgan fingerprint density at radius 2 is 1.15 bits per heavy atom. The molecule has 1 aliphatic rings. The van der Waals surface area contributed by atoms with E-state index < -0.39 is 22.5 Å². The van der Waals surface area contributed by atoms with Gasteiger partial charge in [0.15, 0.2) is 5.82 Å². The highest BCUT2D eigenvalue weighted by molar-refractivity contribution is 7.82. The van der Waals surface area contributed by atoms with Crippen LogP contribution in [0.4, 0.5) is 17.1 Å². The predicted molar refractivity (Wildman–Crippen MR) is 250 cm³/mol. The minimum Gasteiger partial charge on any atom is -0.508 e. The van der Waals surface area contributed by atoms with E-state index in [4.69, 9.17) is 18.3 Å². The number of fused-ring (bicyclic) bond motifs is 1. The summed E-state index contributed by atoms with van der Waals surface area (Å²) in [6.45, 7) is 27.8. The summed E-state index contributed by atoms with van der Waals surface area (Å²) < 4.78 is 45.6. The number of aryl methyl sites for hydroxylation is 2. The van der Waals surface area contributed by atoms with Crippen molar-refractivity contribution in [2.24, 2.45) is 20.9 Å². The summed E-state index contributed by atoms with van der Waals surface area (Å²) in [6.07, 6.45) is 1.89. The average Bonchev–Trinajstić information content (AvgIpc) is 3.66. The molecule has 0 amide bonds. The third-order valence-corrected chi connectivity index (χ3v) is 11.8. The summed E-state index contributed by atoms with van der Waals surface area (Å²) in [5.41, 5.74) is 6.78. The van der Waals surface area contributed by atoms with Gasteiger partial charge in [-0.25, -0.2) is 9.98 Å². The summed E-state index contributed by atoms with van der Waals surface area (Å²) >= 11 is -4.08. The third kappa shape index (κ3) is 11.5. The van der Waals surface area contributed by atoms with Gasteiger partial charge < -0.3 is 13.5 Å². The summed E-state index contributed by atoms with van der Waals surface area (Å²) in [5.74, 6) is 1.84. The first-order valence-electron chi connectivity index (χ1n) is 20.4. The number of aromatic nitrogens is 3. The zero-order chi connectivity index (χ0) is 44.7. The van der Waals surface area contributed by atoms with Crippen LogP contribution in [-0.2, 0) is 33.4 Å². The lowest BCUT2D eigenvalue weighted by Gasteiger charge is -2.33. The van der Waals surface area contributed by atoms with Gasteiger partial charge in [0.05, 0.1) is 22.8 Å². The SMILES string of the molecule is CC1=Nn2nc(-c3cc(NS(=O)Oc4cc(C(C)(C)CC(C)(C)C)ccc4C)cc(NS(=O)Oc4cc(C(C)(C)CC(C)(C)C)ccc4C)c3)nc2C1=Nc1ccc(O)cc1. The Bertz CT molecular complexity index is 2430. The largest absolute Gasteiger partial charge is 0.508 e. The van der Waals surface area contributed by atoms with E-state index in [2.05, 4.69) is 101 Å². The van der Waals surface area contributed by atoms with Crippen molar-refractivity contribution in [3.05, 3.63) is 107 Å². The van der Waals surface area contributed by atoms with Crippen LogP contribution in [0.2, 0.25) is 0 Å². The van der Waals surface area contributed by atoms with Crippen molar-refractivity contribution in [2.75, 3.05) is 9.44 Å². The molecule has 2 unspecified atom stereocenters. The Morgan fingerprint density at radius 1 is 0.672 bits per heavy atom. The minimum atomic E-state index is -2.04. The second-order valence-electron chi connectivity index (χ2n) is 19.7. The van der Waals surface area contributed by atoms with Gasteiger partial charge in [-0.15, -0.1) is 9.89 Å². The smallest absolute Gasteiger partial charge is 0.316 e. The molecule has 61 heavy (non-hydrogen) atoms. The first-order valence-corrected chi connectivity index (χ1v) is 22.5. The standard InChI is InChI=1S/C47H59N7O5S2/c1-29-14-16-33(46(10,11)27-44(4,5)6)24-39(29)58-60(56)52-36-22-32(42-49-43-41(31(3)50-54(43)51-42)48-35-18-20-38(55)21-19-35)23-37(26-36)53-61(57)59-40-25-34(17-15-30(40)2)47(12,13)28-45(7,8)9/h14-26,52-53,55H,27-28H2,1-13H3. The van der Waals surface area contributed by atoms with Crippen molar-refractivity contribution in [1.29, 1.82) is 0 Å². The van der Waals surface area contributed by atoms with Crippen molar-refractivity contribution in [3.63, 3.8) is 0 Å². The van der Waals surface area contributed by atoms with E-state index in [0.29, 0.717) is 57.2 Å². The van der Waals surface area contributed by atoms with E-state index in [1.807, 2.05) is 45.0 Å². The van der Waals surface area contributed by atoms with E-state index in [-0.39, 0.29) is 27.4 Å². The van der Waals surface area contributed by atoms with Crippen molar-refractivity contribution in [2.45, 2.75) is 114 Å². The number of hydrogen-bond donors (Lipinski definition) is 3. The Labute approximate surface area is 365 Å². The van der Waals surface area contributed by atoms with Crippen molar-refractivity contribution in [1.82, 2.24) is 14.9 Å². The highest BCUT2D eigenvalue weighted by Gasteiger charge is 2.30. The van der Waals surface area contributed by atoms with Gasteiger partial charge in [-0.3, -0.25) is 9.44 Å². The molecule has 1 aliphatic heterocycles. The van der Waals surface area contributed by atoms with Gasteiger partial charge in [0.25, 0.3) is 0 Å². The second-order valence-corrected chi connectivity index (χ2v) is 21.3. The number of phenols is 1. The van der Waals surface area contributed by atoms with E-state index in [0.717, 1.165) is 35.1 Å². The highest BCUT2D eigenvalue weighted by atomic mass is 32.2. The van der Waals surface area contributed by atoms with Crippen LogP contribution in [0.1, 0.15) is 117 Å². The Kier molecular flexibility index (Phi) is 12.7. The summed E-state index contributed by atoms with van der Waals surface area (Å²) in [4.78, 5) is 10.9. The number of rotatable bonds is 14. The molecular weight excluding hydrogens is 807 g/mol. The number of phenolic OH excluding ortho intramolecular Hbond substituents is 1. The van der Waals surface area contributed by atoms with Gasteiger partial charge in [-0.05, 0) is 132 Å². The number of nitrogens with one attached hydrogen (secondary N) is 2. The molecule has 0 aliphatic carbocycles. The molecule has 2 atom stereocenters. The fraction of sp³-hybridized carbons (Fsp3) is 0.404. The number of nitrogens with zero attached hydrogens (tertiary/aromatic N) is 5. The highest BCUT2D eigenvalue weighted by Crippen LogP contribution is 2.40. The lowest BCUT2D eigenvalue weighted by atomic mass is 9.72. The van der Waals surface area contributed by atoms with E-state index in [1.165, 1.54) is 4.79 Å². The van der Waals surface area contributed by atoms with Gasteiger partial charge in [0.2, 0.25) is 5.82 Å². The number of hydrogen-bond acceptors (Lipinski definition) is 9. The summed E-state index contributed by atoms with van der Waals surface area (Å²) in [6, 6.07) is 23.7. The van der Waals surface area contributed by atoms with E-state index >= 15 is 0 Å². The summed E-state index contributed by atoms with van der Waals surface area (Å²) in [5, 5.41) is 19.0. The second kappa shape index (κ2) is 17.2. The van der Waals surface area contributed by atoms with E-state index in [9.17, 15) is 13.5 Å². The molecule has 0 fully saturated rings. The van der Waals surface area contributed by atoms with Crippen molar-refractivity contribution < 1.29 is 21.9 Å². The topological polar surface area (TPSA) is 152 Å². The lowest BCUT2D eigenvalue weighted by Crippen LogP contribution is -2.25. The zero-order valence-corrected chi connectivity index (χ0v) is 39.2. The molecule has 1 aromatic heterocycles. The average molecular weight is 866 g/mol. The molecular formula is C47H59N7O5S2. The van der Waals surface area contributed by atoms with Crippen LogP contribution >= 0.6 is 0 Å². The quantitative estimate of drug-likeness (QED) is 0.100. The number of aromatic hydroxyl groups is 1. The van der Waals surface area contributed by atoms with Crippen LogP contribution in [-0.4, -0.2) is 39.8 Å².